The fourth-order valence-corrected chi connectivity index (χ4v) is 3.31. The maximum atomic E-state index is 11.8. The zero-order valence-corrected chi connectivity index (χ0v) is 11.8. The van der Waals surface area contributed by atoms with E-state index in [2.05, 4.69) is 12.2 Å². The van der Waals surface area contributed by atoms with Crippen LogP contribution in [0.15, 0.2) is 0 Å². The van der Waals surface area contributed by atoms with E-state index in [1.54, 1.807) is 6.92 Å². The predicted molar refractivity (Wildman–Crippen MR) is 72.3 cm³/mol. The van der Waals surface area contributed by atoms with Crippen LogP contribution in [0.25, 0.3) is 0 Å². The molecule has 5 nitrogen and oxygen atoms in total. The van der Waals surface area contributed by atoms with Gasteiger partial charge in [-0.05, 0) is 25.5 Å². The minimum atomic E-state index is -1.21. The number of nitrogens with one attached hydrogen (secondary N) is 1. The number of amides is 1. The van der Waals surface area contributed by atoms with Crippen molar-refractivity contribution in [2.45, 2.75) is 50.4 Å². The highest BCUT2D eigenvalue weighted by Crippen LogP contribution is 2.29. The van der Waals surface area contributed by atoms with E-state index in [9.17, 15) is 9.59 Å². The molecule has 0 aromatic rings. The van der Waals surface area contributed by atoms with Gasteiger partial charge in [0.2, 0.25) is 5.91 Å². The summed E-state index contributed by atoms with van der Waals surface area (Å²) >= 11 is 1.85. The van der Waals surface area contributed by atoms with E-state index in [0.717, 1.165) is 25.0 Å². The Balaban J connectivity index is 2.45. The van der Waals surface area contributed by atoms with Crippen LogP contribution in [-0.4, -0.2) is 41.6 Å². The van der Waals surface area contributed by atoms with Gasteiger partial charge in [-0.25, -0.2) is 4.79 Å². The lowest BCUT2D eigenvalue weighted by Gasteiger charge is -2.21. The third kappa shape index (κ3) is 4.17. The van der Waals surface area contributed by atoms with Crippen molar-refractivity contribution in [3.63, 3.8) is 0 Å². The van der Waals surface area contributed by atoms with E-state index in [-0.39, 0.29) is 12.6 Å². The molecule has 6 heteroatoms. The lowest BCUT2D eigenvalue weighted by atomic mass is 10.2. The van der Waals surface area contributed by atoms with Crippen molar-refractivity contribution in [3.05, 3.63) is 0 Å². The molecule has 3 unspecified atom stereocenters. The van der Waals surface area contributed by atoms with Crippen LogP contribution in [0.5, 0.6) is 0 Å². The van der Waals surface area contributed by atoms with Crippen LogP contribution in [-0.2, 0) is 14.3 Å². The van der Waals surface area contributed by atoms with Gasteiger partial charge in [0.25, 0.3) is 0 Å². The van der Waals surface area contributed by atoms with E-state index in [1.807, 2.05) is 11.8 Å². The van der Waals surface area contributed by atoms with E-state index in [0.29, 0.717) is 5.25 Å². The SMILES string of the molecule is CCOC(=O)C(N)C(=O)NC1CCCC1SCC. The van der Waals surface area contributed by atoms with Crippen LogP contribution < -0.4 is 11.1 Å². The van der Waals surface area contributed by atoms with Crippen LogP contribution in [0.2, 0.25) is 0 Å². The molecule has 0 radical (unpaired) electrons. The third-order valence-electron chi connectivity index (χ3n) is 2.98. The first kappa shape index (κ1) is 15.3. The molecule has 1 aliphatic rings. The Morgan fingerprint density at radius 3 is 2.78 bits per heavy atom. The topological polar surface area (TPSA) is 81.4 Å². The highest BCUT2D eigenvalue weighted by Gasteiger charge is 2.31. The molecule has 0 bridgehead atoms. The summed E-state index contributed by atoms with van der Waals surface area (Å²) in [6.07, 6.45) is 3.17. The third-order valence-corrected chi connectivity index (χ3v) is 4.31. The molecule has 1 fully saturated rings. The number of ether oxygens (including phenoxy) is 1. The molecule has 0 aliphatic heterocycles. The standard InChI is InChI=1S/C12H22N2O3S/c1-3-17-12(16)10(13)11(15)14-8-6-5-7-9(8)18-4-2/h8-10H,3-7,13H2,1-2H3,(H,14,15). The second-order valence-corrected chi connectivity index (χ2v) is 5.79. The highest BCUT2D eigenvalue weighted by atomic mass is 32.2. The quantitative estimate of drug-likeness (QED) is 0.549. The fraction of sp³-hybridized carbons (Fsp3) is 0.833. The van der Waals surface area contributed by atoms with Gasteiger partial charge in [-0.2, -0.15) is 11.8 Å². The molecule has 0 saturated heterocycles. The summed E-state index contributed by atoms with van der Waals surface area (Å²) in [6.45, 7) is 4.02. The monoisotopic (exact) mass is 274 g/mol. The number of nitrogens with two attached hydrogens (primary N) is 1. The van der Waals surface area contributed by atoms with Gasteiger partial charge in [-0.3, -0.25) is 4.79 Å². The first-order chi connectivity index (χ1) is 8.60. The molecule has 1 saturated carbocycles. The Morgan fingerprint density at radius 2 is 2.17 bits per heavy atom. The van der Waals surface area contributed by atoms with Gasteiger partial charge < -0.3 is 15.8 Å². The van der Waals surface area contributed by atoms with Crippen LogP contribution in [0.1, 0.15) is 33.1 Å². The van der Waals surface area contributed by atoms with Crippen LogP contribution >= 0.6 is 11.8 Å². The number of hydrogen-bond donors (Lipinski definition) is 2. The van der Waals surface area contributed by atoms with Crippen molar-refractivity contribution in [1.82, 2.24) is 5.32 Å². The second kappa shape index (κ2) is 7.63. The predicted octanol–water partition coefficient (Wildman–Crippen LogP) is 0.667. The summed E-state index contributed by atoms with van der Waals surface area (Å²) in [5, 5.41) is 3.31. The molecule has 1 aliphatic carbocycles. The molecule has 0 aromatic heterocycles. The largest absolute Gasteiger partial charge is 0.464 e. The summed E-state index contributed by atoms with van der Waals surface area (Å²) in [7, 11) is 0. The first-order valence-electron chi connectivity index (χ1n) is 6.44. The van der Waals surface area contributed by atoms with Gasteiger partial charge in [0.15, 0.2) is 6.04 Å². The summed E-state index contributed by atoms with van der Waals surface area (Å²) in [5.74, 6) is -0.0595. The maximum Gasteiger partial charge on any atom is 0.332 e. The van der Waals surface area contributed by atoms with E-state index in [4.69, 9.17) is 10.5 Å². The first-order valence-corrected chi connectivity index (χ1v) is 7.49. The summed E-state index contributed by atoms with van der Waals surface area (Å²) < 4.78 is 4.73. The zero-order chi connectivity index (χ0) is 13.5. The van der Waals surface area contributed by atoms with Gasteiger partial charge in [0.1, 0.15) is 0 Å². The molecule has 0 heterocycles. The molecule has 18 heavy (non-hydrogen) atoms. The minimum Gasteiger partial charge on any atom is -0.464 e. The molecule has 1 amide bonds. The number of hydrogen-bond acceptors (Lipinski definition) is 5. The van der Waals surface area contributed by atoms with Crippen molar-refractivity contribution in [2.24, 2.45) is 5.73 Å². The van der Waals surface area contributed by atoms with Crippen LogP contribution in [0.3, 0.4) is 0 Å². The normalized spacial score (nSPS) is 24.6. The molecular weight excluding hydrogens is 252 g/mol. The van der Waals surface area contributed by atoms with Crippen molar-refractivity contribution in [1.29, 1.82) is 0 Å². The average Bonchev–Trinajstić information content (AvgIpc) is 2.76. The van der Waals surface area contributed by atoms with Gasteiger partial charge in [-0.1, -0.05) is 13.3 Å². The van der Waals surface area contributed by atoms with Gasteiger partial charge in [-0.15, -0.1) is 0 Å². The van der Waals surface area contributed by atoms with E-state index < -0.39 is 17.9 Å². The summed E-state index contributed by atoms with van der Waals surface area (Å²) in [4.78, 5) is 23.2. The Hall–Kier alpha value is -0.750. The van der Waals surface area contributed by atoms with E-state index >= 15 is 0 Å². The Morgan fingerprint density at radius 1 is 1.44 bits per heavy atom. The molecular formula is C12H22N2O3S. The molecule has 0 spiro atoms. The minimum absolute atomic E-state index is 0.128. The second-order valence-electron chi connectivity index (χ2n) is 4.27. The molecule has 1 rings (SSSR count). The summed E-state index contributed by atoms with van der Waals surface area (Å²) in [6, 6.07) is -1.08. The fourth-order valence-electron chi connectivity index (χ4n) is 2.12. The Kier molecular flexibility index (Phi) is 6.49. The lowest BCUT2D eigenvalue weighted by molar-refractivity contribution is -0.148. The number of carbonyl (C=O) groups excluding carboxylic acids is 2. The van der Waals surface area contributed by atoms with Crippen molar-refractivity contribution in [3.8, 4) is 0 Å². The lowest BCUT2D eigenvalue weighted by Crippen LogP contribution is -2.51. The average molecular weight is 274 g/mol. The zero-order valence-electron chi connectivity index (χ0n) is 11.0. The van der Waals surface area contributed by atoms with Crippen LogP contribution in [0.4, 0.5) is 0 Å². The van der Waals surface area contributed by atoms with Crippen LogP contribution in [0, 0.1) is 0 Å². The Bertz CT molecular complexity index is 299. The van der Waals surface area contributed by atoms with E-state index in [1.165, 1.54) is 0 Å². The molecule has 3 N–H and O–H groups in total. The molecule has 104 valence electrons. The van der Waals surface area contributed by atoms with Crippen molar-refractivity contribution in [2.75, 3.05) is 12.4 Å². The van der Waals surface area contributed by atoms with Gasteiger partial charge >= 0.3 is 5.97 Å². The van der Waals surface area contributed by atoms with Crippen molar-refractivity contribution < 1.29 is 14.3 Å². The number of carbonyl (C=O) groups is 2. The number of rotatable bonds is 6. The smallest absolute Gasteiger partial charge is 0.332 e. The number of esters is 1. The van der Waals surface area contributed by atoms with Crippen molar-refractivity contribution >= 4 is 23.6 Å². The molecule has 0 aromatic carbocycles. The summed E-state index contributed by atoms with van der Waals surface area (Å²) in [5.41, 5.74) is 5.55. The van der Waals surface area contributed by atoms with Gasteiger partial charge in [0, 0.05) is 11.3 Å². The molecule has 3 atom stereocenters. The maximum absolute atomic E-state index is 11.8. The number of thioether (sulfide) groups is 1. The Labute approximate surface area is 112 Å². The van der Waals surface area contributed by atoms with Gasteiger partial charge in [0.05, 0.1) is 6.61 Å². The highest BCUT2D eigenvalue weighted by molar-refractivity contribution is 7.99.